The number of amides is 2. The van der Waals surface area contributed by atoms with Crippen LogP contribution in [0.25, 0.3) is 0 Å². The molecule has 1 aliphatic rings. The molecule has 0 unspecified atom stereocenters. The zero-order chi connectivity index (χ0) is 16.2. The van der Waals surface area contributed by atoms with Gasteiger partial charge in [-0.3, -0.25) is 9.59 Å². The van der Waals surface area contributed by atoms with Crippen LogP contribution in [0.4, 0.5) is 0 Å². The van der Waals surface area contributed by atoms with Crippen molar-refractivity contribution in [3.05, 3.63) is 71.3 Å². The maximum Gasteiger partial charge on any atom is 0.251 e. The van der Waals surface area contributed by atoms with E-state index in [0.29, 0.717) is 18.7 Å². The zero-order valence-electron chi connectivity index (χ0n) is 12.6. The highest BCUT2D eigenvalue weighted by Crippen LogP contribution is 2.22. The summed E-state index contributed by atoms with van der Waals surface area (Å²) in [6.45, 7) is 0.587. The molecular weight excluding hydrogens is 292 g/mol. The van der Waals surface area contributed by atoms with Gasteiger partial charge >= 0.3 is 0 Å². The number of aliphatic hydroxyl groups is 1. The third kappa shape index (κ3) is 3.24. The fraction of sp³-hybridized carbons (Fsp3) is 0.222. The second-order valence-electron chi connectivity index (χ2n) is 5.54. The van der Waals surface area contributed by atoms with Gasteiger partial charge in [0.1, 0.15) is 6.04 Å². The van der Waals surface area contributed by atoms with Crippen LogP contribution in [0, 0.1) is 0 Å². The minimum absolute atomic E-state index is 0.270. The van der Waals surface area contributed by atoms with Crippen LogP contribution in [0.1, 0.15) is 21.5 Å². The van der Waals surface area contributed by atoms with Gasteiger partial charge in [0.05, 0.1) is 6.61 Å². The Kier molecular flexibility index (Phi) is 4.39. The van der Waals surface area contributed by atoms with Crippen molar-refractivity contribution in [3.63, 3.8) is 0 Å². The Morgan fingerprint density at radius 2 is 1.57 bits per heavy atom. The van der Waals surface area contributed by atoms with Gasteiger partial charge in [0, 0.05) is 18.7 Å². The molecule has 0 bridgehead atoms. The number of carbonyl (C=O) groups is 2. The topological polar surface area (TPSA) is 69.6 Å². The number of hydrogen-bond donors (Lipinski definition) is 2. The Hall–Kier alpha value is -2.66. The van der Waals surface area contributed by atoms with Gasteiger partial charge in [0.15, 0.2) is 0 Å². The first-order valence-corrected chi connectivity index (χ1v) is 7.51. The van der Waals surface area contributed by atoms with Crippen molar-refractivity contribution in [1.82, 2.24) is 10.2 Å². The normalized spacial score (nSPS) is 14.2. The van der Waals surface area contributed by atoms with E-state index < -0.39 is 12.6 Å². The second kappa shape index (κ2) is 6.62. The maximum atomic E-state index is 12.6. The maximum absolute atomic E-state index is 12.6. The van der Waals surface area contributed by atoms with Gasteiger partial charge in [-0.05, 0) is 23.3 Å². The molecule has 2 amide bonds. The van der Waals surface area contributed by atoms with Crippen LogP contribution in [-0.4, -0.2) is 34.5 Å². The van der Waals surface area contributed by atoms with Gasteiger partial charge in [0.2, 0.25) is 5.91 Å². The van der Waals surface area contributed by atoms with Gasteiger partial charge in [-0.2, -0.15) is 0 Å². The van der Waals surface area contributed by atoms with Crippen LogP contribution in [0.15, 0.2) is 54.6 Å². The van der Waals surface area contributed by atoms with Crippen molar-refractivity contribution in [2.24, 2.45) is 0 Å². The minimum Gasteiger partial charge on any atom is -0.394 e. The summed E-state index contributed by atoms with van der Waals surface area (Å²) in [7, 11) is 0. The SMILES string of the molecule is O=C(N[C@H](CO)C(=O)N1Cc2ccccc2C1)c1ccccc1. The first-order valence-electron chi connectivity index (χ1n) is 7.51. The predicted octanol–water partition coefficient (Wildman–Crippen LogP) is 1.32. The van der Waals surface area contributed by atoms with Gasteiger partial charge in [-0.25, -0.2) is 0 Å². The molecule has 0 saturated carbocycles. The van der Waals surface area contributed by atoms with Gasteiger partial charge < -0.3 is 15.3 Å². The number of nitrogens with one attached hydrogen (secondary N) is 1. The van der Waals surface area contributed by atoms with Crippen molar-refractivity contribution >= 4 is 11.8 Å². The van der Waals surface area contributed by atoms with E-state index in [9.17, 15) is 14.7 Å². The smallest absolute Gasteiger partial charge is 0.251 e. The first-order chi connectivity index (χ1) is 11.2. The van der Waals surface area contributed by atoms with E-state index in [2.05, 4.69) is 5.32 Å². The molecule has 1 atom stereocenters. The van der Waals surface area contributed by atoms with Crippen LogP contribution in [0.5, 0.6) is 0 Å². The Bertz CT molecular complexity index is 690. The molecule has 0 aliphatic carbocycles. The second-order valence-corrected chi connectivity index (χ2v) is 5.54. The number of nitrogens with zero attached hydrogens (tertiary/aromatic N) is 1. The summed E-state index contributed by atoms with van der Waals surface area (Å²) in [6.07, 6.45) is 0. The monoisotopic (exact) mass is 310 g/mol. The highest BCUT2D eigenvalue weighted by molar-refractivity contribution is 5.97. The molecule has 0 spiro atoms. The lowest BCUT2D eigenvalue weighted by Crippen LogP contribution is -2.49. The quantitative estimate of drug-likeness (QED) is 0.895. The Balaban J connectivity index is 1.67. The zero-order valence-corrected chi connectivity index (χ0v) is 12.6. The van der Waals surface area contributed by atoms with Gasteiger partial charge in [-0.1, -0.05) is 42.5 Å². The number of fused-ring (bicyclic) bond motifs is 1. The molecule has 1 heterocycles. The number of rotatable bonds is 4. The number of carbonyl (C=O) groups excluding carboxylic acids is 2. The molecule has 2 aromatic rings. The lowest BCUT2D eigenvalue weighted by atomic mass is 10.1. The number of aliphatic hydroxyl groups excluding tert-OH is 1. The molecule has 5 heteroatoms. The van der Waals surface area contributed by atoms with Crippen LogP contribution in [-0.2, 0) is 17.9 Å². The fourth-order valence-corrected chi connectivity index (χ4v) is 2.73. The van der Waals surface area contributed by atoms with Crippen molar-refractivity contribution < 1.29 is 14.7 Å². The molecule has 0 fully saturated rings. The predicted molar refractivity (Wildman–Crippen MR) is 85.5 cm³/mol. The summed E-state index contributed by atoms with van der Waals surface area (Å²) in [5.74, 6) is -0.636. The summed E-state index contributed by atoms with van der Waals surface area (Å²) in [4.78, 5) is 26.4. The molecular formula is C18H18N2O3. The average molecular weight is 310 g/mol. The molecule has 2 N–H and O–H groups in total. The minimum atomic E-state index is -0.933. The lowest BCUT2D eigenvalue weighted by Gasteiger charge is -2.22. The summed E-state index contributed by atoms with van der Waals surface area (Å²) >= 11 is 0. The molecule has 23 heavy (non-hydrogen) atoms. The summed E-state index contributed by atoms with van der Waals surface area (Å²) < 4.78 is 0. The van der Waals surface area contributed by atoms with E-state index >= 15 is 0 Å². The average Bonchev–Trinajstić information content (AvgIpc) is 3.03. The molecule has 3 rings (SSSR count). The van der Waals surface area contributed by atoms with Crippen molar-refractivity contribution in [2.75, 3.05) is 6.61 Å². The highest BCUT2D eigenvalue weighted by atomic mass is 16.3. The molecule has 0 saturated heterocycles. The number of hydrogen-bond acceptors (Lipinski definition) is 3. The largest absolute Gasteiger partial charge is 0.394 e. The highest BCUT2D eigenvalue weighted by Gasteiger charge is 2.29. The van der Waals surface area contributed by atoms with Gasteiger partial charge in [-0.15, -0.1) is 0 Å². The molecule has 118 valence electrons. The third-order valence-corrected chi connectivity index (χ3v) is 3.97. The summed E-state index contributed by atoms with van der Waals surface area (Å²) in [5, 5.41) is 12.1. The van der Waals surface area contributed by atoms with Crippen LogP contribution < -0.4 is 5.32 Å². The van der Waals surface area contributed by atoms with Crippen LogP contribution in [0.2, 0.25) is 0 Å². The van der Waals surface area contributed by atoms with E-state index in [-0.39, 0.29) is 11.8 Å². The van der Waals surface area contributed by atoms with Crippen molar-refractivity contribution in [1.29, 1.82) is 0 Å². The van der Waals surface area contributed by atoms with Crippen molar-refractivity contribution in [3.8, 4) is 0 Å². The van der Waals surface area contributed by atoms with E-state index in [1.807, 2.05) is 30.3 Å². The standard InChI is InChI=1S/C18H18N2O3/c21-12-16(19-17(22)13-6-2-1-3-7-13)18(23)20-10-14-8-4-5-9-15(14)11-20/h1-9,16,21H,10-12H2,(H,19,22)/t16-/m1/s1. The molecule has 0 aromatic heterocycles. The third-order valence-electron chi connectivity index (χ3n) is 3.97. The Morgan fingerprint density at radius 3 is 2.13 bits per heavy atom. The van der Waals surface area contributed by atoms with E-state index in [0.717, 1.165) is 11.1 Å². The van der Waals surface area contributed by atoms with E-state index in [1.54, 1.807) is 29.2 Å². The van der Waals surface area contributed by atoms with E-state index in [4.69, 9.17) is 0 Å². The van der Waals surface area contributed by atoms with Crippen LogP contribution in [0.3, 0.4) is 0 Å². The van der Waals surface area contributed by atoms with E-state index in [1.165, 1.54) is 0 Å². The molecule has 5 nitrogen and oxygen atoms in total. The summed E-state index contributed by atoms with van der Waals surface area (Å²) in [5.41, 5.74) is 2.67. The summed E-state index contributed by atoms with van der Waals surface area (Å²) in [6, 6.07) is 15.6. The van der Waals surface area contributed by atoms with Crippen molar-refractivity contribution in [2.45, 2.75) is 19.1 Å². The Morgan fingerprint density at radius 1 is 1.00 bits per heavy atom. The molecule has 2 aromatic carbocycles. The van der Waals surface area contributed by atoms with Crippen LogP contribution >= 0.6 is 0 Å². The van der Waals surface area contributed by atoms with Gasteiger partial charge in [0.25, 0.3) is 5.91 Å². The number of benzene rings is 2. The fourth-order valence-electron chi connectivity index (χ4n) is 2.73. The Labute approximate surface area is 134 Å². The molecule has 1 aliphatic heterocycles. The molecule has 0 radical (unpaired) electrons. The lowest BCUT2D eigenvalue weighted by molar-refractivity contribution is -0.134. The first kappa shape index (κ1) is 15.2.